The standard InChI is InChI=1S/C15H26N2O4/c1-3-16-6-4-13-12(10-16)17(7-9-21-13)14(18)15(19-2)5-8-20-11-15/h12-13H,3-11H2,1-2H3/t12-,13+,15?/m0/s1. The van der Waals surface area contributed by atoms with Crippen LogP contribution in [0.15, 0.2) is 0 Å². The van der Waals surface area contributed by atoms with Crippen LogP contribution in [0.4, 0.5) is 0 Å². The first-order valence-electron chi connectivity index (χ1n) is 7.98. The van der Waals surface area contributed by atoms with Gasteiger partial charge < -0.3 is 24.0 Å². The minimum Gasteiger partial charge on any atom is -0.378 e. The second-order valence-electron chi connectivity index (χ2n) is 6.16. The zero-order valence-corrected chi connectivity index (χ0v) is 13.0. The number of rotatable bonds is 3. The third-order valence-corrected chi connectivity index (χ3v) is 5.14. The molecule has 0 aliphatic carbocycles. The quantitative estimate of drug-likeness (QED) is 0.740. The summed E-state index contributed by atoms with van der Waals surface area (Å²) < 4.78 is 16.9. The average Bonchev–Trinajstić information content (AvgIpc) is 3.03. The molecule has 0 spiro atoms. The number of ether oxygens (including phenoxy) is 3. The van der Waals surface area contributed by atoms with E-state index in [0.717, 1.165) is 26.1 Å². The maximum atomic E-state index is 13.1. The second-order valence-corrected chi connectivity index (χ2v) is 6.16. The van der Waals surface area contributed by atoms with Gasteiger partial charge in [-0.2, -0.15) is 0 Å². The summed E-state index contributed by atoms with van der Waals surface area (Å²) in [5, 5.41) is 0. The molecule has 0 aromatic rings. The van der Waals surface area contributed by atoms with Gasteiger partial charge in [-0.1, -0.05) is 6.92 Å². The number of amides is 1. The van der Waals surface area contributed by atoms with E-state index < -0.39 is 5.60 Å². The van der Waals surface area contributed by atoms with Crippen LogP contribution >= 0.6 is 0 Å². The van der Waals surface area contributed by atoms with Crippen molar-refractivity contribution in [3.05, 3.63) is 0 Å². The Morgan fingerprint density at radius 2 is 2.24 bits per heavy atom. The molecule has 3 fully saturated rings. The number of piperidine rings is 1. The lowest BCUT2D eigenvalue weighted by Gasteiger charge is -2.48. The number of hydrogen-bond donors (Lipinski definition) is 0. The first-order valence-corrected chi connectivity index (χ1v) is 7.98. The van der Waals surface area contributed by atoms with E-state index in [0.29, 0.717) is 32.8 Å². The maximum Gasteiger partial charge on any atom is 0.257 e. The lowest BCUT2D eigenvalue weighted by atomic mass is 9.94. The molecule has 1 unspecified atom stereocenters. The first kappa shape index (κ1) is 15.2. The number of nitrogens with zero attached hydrogens (tertiary/aromatic N) is 2. The molecule has 0 bridgehead atoms. The van der Waals surface area contributed by atoms with Crippen molar-refractivity contribution in [3.63, 3.8) is 0 Å². The van der Waals surface area contributed by atoms with E-state index in [4.69, 9.17) is 14.2 Å². The van der Waals surface area contributed by atoms with Gasteiger partial charge in [0.2, 0.25) is 0 Å². The van der Waals surface area contributed by atoms with Gasteiger partial charge in [0.15, 0.2) is 5.60 Å². The third-order valence-electron chi connectivity index (χ3n) is 5.14. The van der Waals surface area contributed by atoms with Gasteiger partial charge in [-0.3, -0.25) is 4.79 Å². The number of carbonyl (C=O) groups excluding carboxylic acids is 1. The van der Waals surface area contributed by atoms with Crippen molar-refractivity contribution in [1.82, 2.24) is 9.80 Å². The molecule has 0 aromatic heterocycles. The largest absolute Gasteiger partial charge is 0.378 e. The molecule has 3 aliphatic heterocycles. The van der Waals surface area contributed by atoms with Crippen molar-refractivity contribution < 1.29 is 19.0 Å². The van der Waals surface area contributed by atoms with Gasteiger partial charge in [0.25, 0.3) is 5.91 Å². The van der Waals surface area contributed by atoms with E-state index in [2.05, 4.69) is 11.8 Å². The lowest BCUT2D eigenvalue weighted by Crippen LogP contribution is -2.65. The average molecular weight is 298 g/mol. The van der Waals surface area contributed by atoms with E-state index in [1.807, 2.05) is 4.90 Å². The normalized spacial score (nSPS) is 37.5. The van der Waals surface area contributed by atoms with Gasteiger partial charge in [0.1, 0.15) is 0 Å². The fourth-order valence-corrected chi connectivity index (χ4v) is 3.70. The van der Waals surface area contributed by atoms with Crippen LogP contribution in [0.25, 0.3) is 0 Å². The fraction of sp³-hybridized carbons (Fsp3) is 0.933. The number of likely N-dealkylation sites (tertiary alicyclic amines) is 1. The number of carbonyl (C=O) groups is 1. The minimum atomic E-state index is -0.781. The molecule has 3 aliphatic rings. The van der Waals surface area contributed by atoms with Crippen molar-refractivity contribution in [2.45, 2.75) is 37.5 Å². The van der Waals surface area contributed by atoms with E-state index in [1.165, 1.54) is 0 Å². The van der Waals surface area contributed by atoms with Crippen LogP contribution in [0.2, 0.25) is 0 Å². The molecule has 0 radical (unpaired) electrons. The molecule has 6 nitrogen and oxygen atoms in total. The molecule has 1 amide bonds. The summed E-state index contributed by atoms with van der Waals surface area (Å²) in [6.45, 7) is 7.38. The molecular formula is C15H26N2O4. The smallest absolute Gasteiger partial charge is 0.257 e. The van der Waals surface area contributed by atoms with Gasteiger partial charge >= 0.3 is 0 Å². The Labute approximate surface area is 126 Å². The van der Waals surface area contributed by atoms with Gasteiger partial charge in [-0.05, 0) is 13.0 Å². The molecule has 3 saturated heterocycles. The first-order chi connectivity index (χ1) is 10.2. The fourth-order valence-electron chi connectivity index (χ4n) is 3.70. The van der Waals surface area contributed by atoms with Crippen LogP contribution in [0.3, 0.4) is 0 Å². The number of likely N-dealkylation sites (N-methyl/N-ethyl adjacent to an activating group) is 1. The van der Waals surface area contributed by atoms with Crippen molar-refractivity contribution in [1.29, 1.82) is 0 Å². The second kappa shape index (κ2) is 6.20. The highest BCUT2D eigenvalue weighted by Gasteiger charge is 2.49. The maximum absolute atomic E-state index is 13.1. The molecule has 3 heterocycles. The summed E-state index contributed by atoms with van der Waals surface area (Å²) >= 11 is 0. The molecular weight excluding hydrogens is 272 g/mol. The number of hydrogen-bond acceptors (Lipinski definition) is 5. The summed E-state index contributed by atoms with van der Waals surface area (Å²) in [5.74, 6) is 0.0822. The molecule has 0 N–H and O–H groups in total. The predicted molar refractivity (Wildman–Crippen MR) is 77.1 cm³/mol. The molecule has 3 atom stereocenters. The Morgan fingerprint density at radius 1 is 1.38 bits per heavy atom. The number of fused-ring (bicyclic) bond motifs is 1. The van der Waals surface area contributed by atoms with E-state index in [1.54, 1.807) is 7.11 Å². The third kappa shape index (κ3) is 2.70. The van der Waals surface area contributed by atoms with Crippen molar-refractivity contribution >= 4 is 5.91 Å². The molecule has 0 saturated carbocycles. The Bertz CT molecular complexity index is 384. The van der Waals surface area contributed by atoms with E-state index >= 15 is 0 Å². The Hall–Kier alpha value is -0.690. The summed E-state index contributed by atoms with van der Waals surface area (Å²) in [7, 11) is 1.61. The number of methoxy groups -OCH3 is 1. The van der Waals surface area contributed by atoms with E-state index in [-0.39, 0.29) is 18.1 Å². The van der Waals surface area contributed by atoms with Gasteiger partial charge in [-0.15, -0.1) is 0 Å². The van der Waals surface area contributed by atoms with Gasteiger partial charge in [0.05, 0.1) is 32.0 Å². The van der Waals surface area contributed by atoms with Crippen LogP contribution in [0.5, 0.6) is 0 Å². The zero-order valence-electron chi connectivity index (χ0n) is 13.0. The van der Waals surface area contributed by atoms with Gasteiger partial charge in [-0.25, -0.2) is 0 Å². The Morgan fingerprint density at radius 3 is 2.90 bits per heavy atom. The molecule has 0 aromatic carbocycles. The van der Waals surface area contributed by atoms with E-state index in [9.17, 15) is 4.79 Å². The highest BCUT2D eigenvalue weighted by molar-refractivity contribution is 5.86. The predicted octanol–water partition coefficient (Wildman–Crippen LogP) is 0.114. The van der Waals surface area contributed by atoms with Crippen LogP contribution in [0, 0.1) is 0 Å². The van der Waals surface area contributed by atoms with Crippen molar-refractivity contribution in [2.24, 2.45) is 0 Å². The van der Waals surface area contributed by atoms with Crippen molar-refractivity contribution in [2.75, 3.05) is 53.1 Å². The topological polar surface area (TPSA) is 51.2 Å². The molecule has 120 valence electrons. The highest BCUT2D eigenvalue weighted by atomic mass is 16.6. The Kier molecular flexibility index (Phi) is 4.49. The summed E-state index contributed by atoms with van der Waals surface area (Å²) in [6.07, 6.45) is 1.81. The summed E-state index contributed by atoms with van der Waals surface area (Å²) in [6, 6.07) is 0.146. The summed E-state index contributed by atoms with van der Waals surface area (Å²) in [4.78, 5) is 17.4. The minimum absolute atomic E-state index is 0.0822. The van der Waals surface area contributed by atoms with Crippen LogP contribution < -0.4 is 0 Å². The van der Waals surface area contributed by atoms with Crippen LogP contribution in [-0.2, 0) is 19.0 Å². The van der Waals surface area contributed by atoms with Crippen LogP contribution in [0.1, 0.15) is 19.8 Å². The highest BCUT2D eigenvalue weighted by Crippen LogP contribution is 2.30. The lowest BCUT2D eigenvalue weighted by molar-refractivity contribution is -0.173. The monoisotopic (exact) mass is 298 g/mol. The molecule has 3 rings (SSSR count). The van der Waals surface area contributed by atoms with Crippen molar-refractivity contribution in [3.8, 4) is 0 Å². The molecule has 21 heavy (non-hydrogen) atoms. The zero-order chi connectivity index (χ0) is 14.9. The Balaban J connectivity index is 1.77. The number of morpholine rings is 1. The van der Waals surface area contributed by atoms with Crippen LogP contribution in [-0.4, -0.2) is 86.6 Å². The SMILES string of the molecule is CCN1CC[C@H]2OCCN(C(=O)C3(OC)CCOC3)[C@H]2C1. The van der Waals surface area contributed by atoms with Gasteiger partial charge in [0, 0.05) is 33.2 Å². The molecule has 6 heteroatoms. The summed E-state index contributed by atoms with van der Waals surface area (Å²) in [5.41, 5.74) is -0.781.